The summed E-state index contributed by atoms with van der Waals surface area (Å²) in [6.45, 7) is 2.76. The van der Waals surface area contributed by atoms with E-state index in [0.717, 1.165) is 37.6 Å². The molecule has 2 aliphatic heterocycles. The molecule has 10 heteroatoms. The van der Waals surface area contributed by atoms with Gasteiger partial charge in [0.05, 0.1) is 0 Å². The normalized spacial score (nSPS) is 23.1. The van der Waals surface area contributed by atoms with Crippen molar-refractivity contribution in [1.29, 1.82) is 0 Å². The SMILES string of the molecule is C/C=C(\C=NC)c1ccc2c(c1)CCC21NC(=O)N(CC(=O)N2Cc3ccc(C)cc3CC[C@H]2C(F)(F)F)C1=O. The first-order valence-corrected chi connectivity index (χ1v) is 13.3. The summed E-state index contributed by atoms with van der Waals surface area (Å²) in [6, 6.07) is 8.18. The van der Waals surface area contributed by atoms with Crippen LogP contribution in [0.15, 0.2) is 47.5 Å². The lowest BCUT2D eigenvalue weighted by molar-refractivity contribution is -0.192. The number of allylic oxidation sites excluding steroid dienone is 2. The second kappa shape index (κ2) is 10.2. The van der Waals surface area contributed by atoms with Gasteiger partial charge >= 0.3 is 12.2 Å². The van der Waals surface area contributed by atoms with Crippen molar-refractivity contribution >= 4 is 29.6 Å². The maximum atomic E-state index is 14.1. The van der Waals surface area contributed by atoms with Crippen molar-refractivity contribution < 1.29 is 27.6 Å². The van der Waals surface area contributed by atoms with Gasteiger partial charge in [0, 0.05) is 19.8 Å². The summed E-state index contributed by atoms with van der Waals surface area (Å²) < 4.78 is 42.3. The third kappa shape index (κ3) is 4.69. The average Bonchev–Trinajstić information content (AvgIpc) is 3.29. The van der Waals surface area contributed by atoms with Gasteiger partial charge in [0.1, 0.15) is 18.1 Å². The molecule has 1 saturated heterocycles. The summed E-state index contributed by atoms with van der Waals surface area (Å²) in [4.78, 5) is 45.8. The number of rotatable bonds is 4. The fraction of sp³-hybridized carbons (Fsp3) is 0.400. The molecule has 7 nitrogen and oxygen atoms in total. The van der Waals surface area contributed by atoms with Crippen LogP contribution in [0.2, 0.25) is 0 Å². The number of urea groups is 1. The Hall–Kier alpha value is -3.95. The Bertz CT molecular complexity index is 1450. The Morgan fingerprint density at radius 3 is 2.60 bits per heavy atom. The molecule has 1 aliphatic carbocycles. The lowest BCUT2D eigenvalue weighted by Gasteiger charge is -2.32. The van der Waals surface area contributed by atoms with Crippen LogP contribution in [0.25, 0.3) is 5.57 Å². The highest BCUT2D eigenvalue weighted by Crippen LogP contribution is 2.42. The van der Waals surface area contributed by atoms with Gasteiger partial charge in [0.15, 0.2) is 0 Å². The number of carbonyl (C=O) groups excluding carboxylic acids is 3. The smallest absolute Gasteiger partial charge is 0.325 e. The zero-order chi connectivity index (χ0) is 28.8. The van der Waals surface area contributed by atoms with E-state index in [1.807, 2.05) is 38.1 Å². The van der Waals surface area contributed by atoms with Crippen LogP contribution in [0.1, 0.15) is 53.1 Å². The third-order valence-corrected chi connectivity index (χ3v) is 8.18. The van der Waals surface area contributed by atoms with Crippen molar-refractivity contribution in [2.24, 2.45) is 4.99 Å². The molecule has 2 heterocycles. The number of fused-ring (bicyclic) bond motifs is 3. The van der Waals surface area contributed by atoms with E-state index in [9.17, 15) is 27.6 Å². The maximum Gasteiger partial charge on any atom is 0.408 e. The van der Waals surface area contributed by atoms with Crippen LogP contribution in [0, 0.1) is 6.92 Å². The third-order valence-electron chi connectivity index (χ3n) is 8.18. The van der Waals surface area contributed by atoms with Gasteiger partial charge in [-0.05, 0) is 72.9 Å². The van der Waals surface area contributed by atoms with Crippen LogP contribution in [-0.2, 0) is 34.5 Å². The van der Waals surface area contributed by atoms with Crippen LogP contribution in [0.3, 0.4) is 0 Å². The summed E-state index contributed by atoms with van der Waals surface area (Å²) in [5, 5.41) is 2.76. The summed E-state index contributed by atoms with van der Waals surface area (Å²) in [6.07, 6.45) is -0.282. The molecule has 210 valence electrons. The molecule has 0 saturated carbocycles. The molecule has 1 N–H and O–H groups in total. The van der Waals surface area contributed by atoms with Crippen molar-refractivity contribution in [2.45, 2.75) is 63.8 Å². The van der Waals surface area contributed by atoms with Gasteiger partial charge in [-0.3, -0.25) is 19.5 Å². The van der Waals surface area contributed by atoms with Crippen molar-refractivity contribution in [3.63, 3.8) is 0 Å². The molecule has 0 radical (unpaired) electrons. The number of nitrogens with zero attached hydrogens (tertiary/aromatic N) is 3. The molecule has 1 spiro atoms. The van der Waals surface area contributed by atoms with E-state index in [2.05, 4.69) is 10.3 Å². The molecule has 5 rings (SSSR count). The summed E-state index contributed by atoms with van der Waals surface area (Å²) in [5.74, 6) is -1.53. The van der Waals surface area contributed by atoms with Crippen molar-refractivity contribution in [3.05, 3.63) is 75.9 Å². The summed E-state index contributed by atoms with van der Waals surface area (Å²) in [5.41, 5.74) is 4.35. The second-order valence-electron chi connectivity index (χ2n) is 10.6. The second-order valence-corrected chi connectivity index (χ2v) is 10.6. The van der Waals surface area contributed by atoms with E-state index in [1.54, 1.807) is 31.5 Å². The Kier molecular flexibility index (Phi) is 7.06. The number of carbonyl (C=O) groups is 3. The van der Waals surface area contributed by atoms with Crippen molar-refractivity contribution in [1.82, 2.24) is 15.1 Å². The van der Waals surface area contributed by atoms with Crippen molar-refractivity contribution in [3.8, 4) is 0 Å². The van der Waals surface area contributed by atoms with E-state index < -0.39 is 42.1 Å². The molecule has 2 atom stereocenters. The minimum Gasteiger partial charge on any atom is -0.325 e. The van der Waals surface area contributed by atoms with Crippen LogP contribution in [0.4, 0.5) is 18.0 Å². The first-order valence-electron chi connectivity index (χ1n) is 13.3. The summed E-state index contributed by atoms with van der Waals surface area (Å²) >= 11 is 0. The summed E-state index contributed by atoms with van der Waals surface area (Å²) in [7, 11) is 1.68. The number of halogens is 3. The van der Waals surface area contributed by atoms with Gasteiger partial charge in [-0.15, -0.1) is 0 Å². The predicted octanol–water partition coefficient (Wildman–Crippen LogP) is 4.70. The fourth-order valence-electron chi connectivity index (χ4n) is 6.14. The number of benzene rings is 2. The fourth-order valence-corrected chi connectivity index (χ4v) is 6.14. The van der Waals surface area contributed by atoms with Crippen LogP contribution in [0.5, 0.6) is 0 Å². The Balaban J connectivity index is 1.41. The Labute approximate surface area is 230 Å². The van der Waals surface area contributed by atoms with E-state index in [-0.39, 0.29) is 19.4 Å². The number of nitrogens with one attached hydrogen (secondary N) is 1. The van der Waals surface area contributed by atoms with E-state index >= 15 is 0 Å². The number of hydrogen-bond donors (Lipinski definition) is 1. The van der Waals surface area contributed by atoms with E-state index in [1.165, 1.54) is 0 Å². The van der Waals surface area contributed by atoms with Crippen LogP contribution in [-0.4, -0.2) is 59.7 Å². The molecule has 4 amide bonds. The largest absolute Gasteiger partial charge is 0.408 e. The van der Waals surface area contributed by atoms with Crippen LogP contribution >= 0.6 is 0 Å². The highest BCUT2D eigenvalue weighted by Gasteiger charge is 2.56. The highest BCUT2D eigenvalue weighted by atomic mass is 19.4. The number of aryl methyl sites for hydroxylation is 3. The standard InChI is InChI=1S/C30H31F3N4O3/c1-4-19(15-34-3)21-7-9-24-22(14-21)11-12-29(24)27(39)37(28(40)35-29)17-26(38)36-16-23-6-5-18(2)13-20(23)8-10-25(36)30(31,32)33/h4-7,9,13-15,25H,8,10-12,16-17H2,1-3H3,(H,35,40)/b19-4+,34-15?/t25-,29?/m0/s1. The van der Waals surface area contributed by atoms with Gasteiger partial charge in [0.2, 0.25) is 5.91 Å². The number of alkyl halides is 3. The number of amides is 4. The molecular formula is C30H31F3N4O3. The highest BCUT2D eigenvalue weighted by molar-refractivity contribution is 6.11. The molecule has 1 unspecified atom stereocenters. The molecule has 2 aromatic rings. The monoisotopic (exact) mass is 552 g/mol. The minimum absolute atomic E-state index is 0.176. The number of hydrogen-bond acceptors (Lipinski definition) is 4. The topological polar surface area (TPSA) is 82.1 Å². The van der Waals surface area contributed by atoms with Crippen LogP contribution < -0.4 is 5.32 Å². The molecule has 1 fully saturated rings. The lowest BCUT2D eigenvalue weighted by atomic mass is 9.90. The first kappa shape index (κ1) is 27.6. The Morgan fingerprint density at radius 2 is 1.90 bits per heavy atom. The Morgan fingerprint density at radius 1 is 1.12 bits per heavy atom. The van der Waals surface area contributed by atoms with Gasteiger partial charge in [-0.2, -0.15) is 13.2 Å². The van der Waals surface area contributed by atoms with E-state index in [4.69, 9.17) is 0 Å². The maximum absolute atomic E-state index is 14.1. The number of aliphatic imine (C=N–C) groups is 1. The first-order chi connectivity index (χ1) is 19.0. The average molecular weight is 553 g/mol. The predicted molar refractivity (Wildman–Crippen MR) is 145 cm³/mol. The zero-order valence-corrected chi connectivity index (χ0v) is 22.6. The lowest BCUT2D eigenvalue weighted by Crippen LogP contribution is -2.52. The molecular weight excluding hydrogens is 521 g/mol. The zero-order valence-electron chi connectivity index (χ0n) is 22.6. The van der Waals surface area contributed by atoms with Gasteiger partial charge in [-0.1, -0.05) is 48.0 Å². The van der Waals surface area contributed by atoms with Crippen molar-refractivity contribution in [2.75, 3.05) is 13.6 Å². The van der Waals surface area contributed by atoms with Gasteiger partial charge in [0.25, 0.3) is 5.91 Å². The molecule has 3 aliphatic rings. The molecule has 2 aromatic carbocycles. The molecule has 0 bridgehead atoms. The van der Waals surface area contributed by atoms with E-state index in [0.29, 0.717) is 24.0 Å². The van der Waals surface area contributed by atoms with Gasteiger partial charge < -0.3 is 10.2 Å². The molecule has 0 aromatic heterocycles. The quantitative estimate of drug-likeness (QED) is 0.441. The molecule has 40 heavy (non-hydrogen) atoms. The van der Waals surface area contributed by atoms with Gasteiger partial charge in [-0.25, -0.2) is 4.79 Å². The minimum atomic E-state index is -4.65. The number of imide groups is 1.